The van der Waals surface area contributed by atoms with E-state index in [-0.39, 0.29) is 11.4 Å². The number of nitrogens with one attached hydrogen (secondary N) is 1. The number of morpholine rings is 1. The molecule has 1 aliphatic rings. The Morgan fingerprint density at radius 1 is 1.15 bits per heavy atom. The summed E-state index contributed by atoms with van der Waals surface area (Å²) in [5, 5.41) is 7.82. The minimum Gasteiger partial charge on any atom is -0.379 e. The van der Waals surface area contributed by atoms with E-state index < -0.39 is 0 Å². The summed E-state index contributed by atoms with van der Waals surface area (Å²) in [6, 6.07) is 14.1. The Balaban J connectivity index is 1.47. The van der Waals surface area contributed by atoms with Crippen LogP contribution in [0.5, 0.6) is 0 Å². The summed E-state index contributed by atoms with van der Waals surface area (Å²) in [5.41, 5.74) is 3.63. The van der Waals surface area contributed by atoms with Gasteiger partial charge in [-0.25, -0.2) is 0 Å². The van der Waals surface area contributed by atoms with Gasteiger partial charge in [-0.3, -0.25) is 19.4 Å². The van der Waals surface area contributed by atoms with E-state index in [1.54, 1.807) is 18.5 Å². The second kappa shape index (κ2) is 10.6. The predicted molar refractivity (Wildman–Crippen MR) is 130 cm³/mol. The first-order chi connectivity index (χ1) is 16.0. The highest BCUT2D eigenvalue weighted by atomic mass is 16.5. The molecule has 172 valence electrons. The average molecular weight is 446 g/mol. The molecule has 4 rings (SSSR count). The van der Waals surface area contributed by atoms with Crippen LogP contribution in [0, 0.1) is 0 Å². The van der Waals surface area contributed by atoms with Crippen LogP contribution in [0.25, 0.3) is 17.3 Å². The SMILES string of the molecule is CC(C)(CNC(=O)C=Cc1cn(Cc2ccccc2)nc1-c1cccnc1)N1CCOCC1. The van der Waals surface area contributed by atoms with Crippen molar-refractivity contribution >= 4 is 12.0 Å². The molecule has 7 nitrogen and oxygen atoms in total. The summed E-state index contributed by atoms with van der Waals surface area (Å²) in [7, 11) is 0. The lowest BCUT2D eigenvalue weighted by Crippen LogP contribution is -2.55. The van der Waals surface area contributed by atoms with Crippen molar-refractivity contribution in [3.63, 3.8) is 0 Å². The number of carbonyl (C=O) groups excluding carboxylic acids is 1. The van der Waals surface area contributed by atoms with E-state index in [1.165, 1.54) is 0 Å². The molecule has 0 bridgehead atoms. The highest BCUT2D eigenvalue weighted by molar-refractivity contribution is 5.92. The highest BCUT2D eigenvalue weighted by Gasteiger charge is 2.28. The largest absolute Gasteiger partial charge is 0.379 e. The minimum atomic E-state index is -0.130. The Kier molecular flexibility index (Phi) is 7.32. The van der Waals surface area contributed by atoms with Gasteiger partial charge < -0.3 is 10.1 Å². The molecule has 0 radical (unpaired) electrons. The number of aromatic nitrogens is 3. The van der Waals surface area contributed by atoms with Gasteiger partial charge in [0.1, 0.15) is 5.69 Å². The van der Waals surface area contributed by atoms with Crippen LogP contribution in [-0.2, 0) is 16.1 Å². The first kappa shape index (κ1) is 22.9. The van der Waals surface area contributed by atoms with Gasteiger partial charge in [-0.1, -0.05) is 30.3 Å². The second-order valence-corrected chi connectivity index (χ2v) is 8.82. The van der Waals surface area contributed by atoms with Gasteiger partial charge in [0.2, 0.25) is 5.91 Å². The van der Waals surface area contributed by atoms with Crippen molar-refractivity contribution in [1.29, 1.82) is 0 Å². The molecule has 0 saturated carbocycles. The van der Waals surface area contributed by atoms with Gasteiger partial charge in [0.05, 0.1) is 19.8 Å². The van der Waals surface area contributed by atoms with E-state index in [0.717, 1.165) is 48.7 Å². The van der Waals surface area contributed by atoms with Crippen LogP contribution < -0.4 is 5.32 Å². The third kappa shape index (κ3) is 6.15. The number of amides is 1. The molecular formula is C26H31N5O2. The molecule has 33 heavy (non-hydrogen) atoms. The summed E-state index contributed by atoms with van der Waals surface area (Å²) in [6.07, 6.45) is 8.91. The van der Waals surface area contributed by atoms with Crippen molar-refractivity contribution < 1.29 is 9.53 Å². The second-order valence-electron chi connectivity index (χ2n) is 8.82. The molecule has 1 amide bonds. The minimum absolute atomic E-state index is 0.121. The maximum Gasteiger partial charge on any atom is 0.244 e. The van der Waals surface area contributed by atoms with Gasteiger partial charge in [0, 0.05) is 61.0 Å². The molecule has 0 atom stereocenters. The van der Waals surface area contributed by atoms with Crippen molar-refractivity contribution in [3.05, 3.63) is 78.3 Å². The number of ether oxygens (including phenoxy) is 1. The molecule has 1 saturated heterocycles. The van der Waals surface area contributed by atoms with Gasteiger partial charge in [-0.05, 0) is 37.6 Å². The molecule has 0 spiro atoms. The number of hydrogen-bond acceptors (Lipinski definition) is 5. The normalized spacial score (nSPS) is 15.1. The summed E-state index contributed by atoms with van der Waals surface area (Å²) >= 11 is 0. The quantitative estimate of drug-likeness (QED) is 0.539. The summed E-state index contributed by atoms with van der Waals surface area (Å²) in [5.74, 6) is -0.121. The smallest absolute Gasteiger partial charge is 0.244 e. The fraction of sp³-hybridized carbons (Fsp3) is 0.346. The monoisotopic (exact) mass is 445 g/mol. The van der Waals surface area contributed by atoms with E-state index in [4.69, 9.17) is 9.84 Å². The molecule has 1 fully saturated rings. The Labute approximate surface area is 195 Å². The van der Waals surface area contributed by atoms with Crippen molar-refractivity contribution in [2.45, 2.75) is 25.9 Å². The molecule has 7 heteroatoms. The van der Waals surface area contributed by atoms with Gasteiger partial charge >= 0.3 is 0 Å². The number of nitrogens with zero attached hydrogens (tertiary/aromatic N) is 4. The standard InChI is InChI=1S/C26H31N5O2/c1-26(2,30-13-15-33-16-14-30)20-28-24(32)11-10-23-19-31(18-21-7-4-3-5-8-21)29-25(23)22-9-6-12-27-17-22/h3-12,17,19H,13-16,18,20H2,1-2H3,(H,28,32). The Morgan fingerprint density at radius 2 is 1.94 bits per heavy atom. The summed E-state index contributed by atoms with van der Waals surface area (Å²) in [4.78, 5) is 19.2. The van der Waals surface area contributed by atoms with E-state index in [0.29, 0.717) is 13.1 Å². The molecule has 3 aromatic rings. The maximum atomic E-state index is 12.6. The zero-order chi connectivity index (χ0) is 23.1. The lowest BCUT2D eigenvalue weighted by Gasteiger charge is -2.40. The van der Waals surface area contributed by atoms with Crippen LogP contribution in [0.3, 0.4) is 0 Å². The van der Waals surface area contributed by atoms with Crippen molar-refractivity contribution in [3.8, 4) is 11.3 Å². The number of benzene rings is 1. The molecular weight excluding hydrogens is 414 g/mol. The molecule has 0 unspecified atom stereocenters. The zero-order valence-corrected chi connectivity index (χ0v) is 19.3. The number of carbonyl (C=O) groups is 1. The van der Waals surface area contributed by atoms with Crippen molar-refractivity contribution in [2.75, 3.05) is 32.8 Å². The lowest BCUT2D eigenvalue weighted by atomic mass is 10.0. The third-order valence-corrected chi connectivity index (χ3v) is 5.89. The van der Waals surface area contributed by atoms with E-state index in [9.17, 15) is 4.79 Å². The molecule has 1 aromatic carbocycles. The number of pyridine rings is 1. The van der Waals surface area contributed by atoms with Gasteiger partial charge in [0.15, 0.2) is 0 Å². The lowest BCUT2D eigenvalue weighted by molar-refractivity contribution is -0.117. The first-order valence-electron chi connectivity index (χ1n) is 11.3. The highest BCUT2D eigenvalue weighted by Crippen LogP contribution is 2.23. The zero-order valence-electron chi connectivity index (χ0n) is 19.3. The van der Waals surface area contributed by atoms with Crippen LogP contribution >= 0.6 is 0 Å². The molecule has 1 N–H and O–H groups in total. The fourth-order valence-electron chi connectivity index (χ4n) is 3.95. The van der Waals surface area contributed by atoms with Crippen molar-refractivity contribution in [2.24, 2.45) is 0 Å². The van der Waals surface area contributed by atoms with Gasteiger partial charge in [0.25, 0.3) is 0 Å². The van der Waals surface area contributed by atoms with Crippen LogP contribution in [0.4, 0.5) is 0 Å². The topological polar surface area (TPSA) is 72.3 Å². The van der Waals surface area contributed by atoms with Gasteiger partial charge in [-0.15, -0.1) is 0 Å². The molecule has 3 heterocycles. The number of hydrogen-bond donors (Lipinski definition) is 1. The predicted octanol–water partition coefficient (Wildman–Crippen LogP) is 3.23. The summed E-state index contributed by atoms with van der Waals surface area (Å²) < 4.78 is 7.34. The van der Waals surface area contributed by atoms with E-state index in [2.05, 4.69) is 41.2 Å². The van der Waals surface area contributed by atoms with Gasteiger partial charge in [-0.2, -0.15) is 5.10 Å². The number of rotatable bonds is 8. The van der Waals surface area contributed by atoms with Crippen LogP contribution in [0.15, 0.2) is 67.1 Å². The van der Waals surface area contributed by atoms with E-state index >= 15 is 0 Å². The fourth-order valence-corrected chi connectivity index (χ4v) is 3.95. The van der Waals surface area contributed by atoms with E-state index in [1.807, 2.05) is 47.3 Å². The van der Waals surface area contributed by atoms with Crippen LogP contribution in [0.1, 0.15) is 25.0 Å². The summed E-state index contributed by atoms with van der Waals surface area (Å²) in [6.45, 7) is 8.76. The maximum absolute atomic E-state index is 12.6. The Morgan fingerprint density at radius 3 is 2.67 bits per heavy atom. The third-order valence-electron chi connectivity index (χ3n) is 5.89. The molecule has 1 aliphatic heterocycles. The Bertz CT molecular complexity index is 1070. The Hall–Kier alpha value is -3.29. The van der Waals surface area contributed by atoms with Crippen molar-refractivity contribution in [1.82, 2.24) is 25.0 Å². The molecule has 2 aromatic heterocycles. The van der Waals surface area contributed by atoms with Crippen LogP contribution in [-0.4, -0.2) is 64.0 Å². The first-order valence-corrected chi connectivity index (χ1v) is 11.3. The van der Waals surface area contributed by atoms with Crippen LogP contribution in [0.2, 0.25) is 0 Å². The molecule has 0 aliphatic carbocycles. The average Bonchev–Trinajstić information content (AvgIpc) is 3.26.